The summed E-state index contributed by atoms with van der Waals surface area (Å²) < 4.78 is 6.11. The van der Waals surface area contributed by atoms with Crippen molar-refractivity contribution in [3.8, 4) is 5.75 Å². The lowest BCUT2D eigenvalue weighted by Crippen LogP contribution is -2.30. The molecule has 8 heteroatoms. The van der Waals surface area contributed by atoms with E-state index < -0.39 is 23.5 Å². The molecule has 0 saturated heterocycles. The minimum absolute atomic E-state index is 0.0178. The van der Waals surface area contributed by atoms with Gasteiger partial charge in [-0.05, 0) is 35.9 Å². The standard InChI is InChI=1S/C24H17N3O4S/c1-31-16-7-8-17-18(13-16)32-24(26-17)27-20(14-5-3-2-4-6-14)19(22(29)23(27)30)21(28)15-9-11-25-12-10-15/h2-13,20,29H,1H3. The average Bonchev–Trinajstić information content (AvgIpc) is 3.37. The van der Waals surface area contributed by atoms with Crippen LogP contribution in [0.2, 0.25) is 0 Å². The number of carbonyl (C=O) groups excluding carboxylic acids is 2. The molecular formula is C24H17N3O4S. The maximum atomic E-state index is 13.4. The number of benzene rings is 2. The molecule has 158 valence electrons. The number of carbonyl (C=O) groups is 2. The van der Waals surface area contributed by atoms with E-state index >= 15 is 0 Å². The number of Topliss-reactive ketones (excluding diaryl/α,β-unsaturated/α-hetero) is 1. The quantitative estimate of drug-likeness (QED) is 0.457. The van der Waals surface area contributed by atoms with Crippen molar-refractivity contribution in [2.75, 3.05) is 12.0 Å². The SMILES string of the molecule is COc1ccc2nc(N3C(=O)C(O)=C(C(=O)c4ccncc4)C3c3ccccc3)sc2c1. The summed E-state index contributed by atoms with van der Waals surface area (Å²) in [7, 11) is 1.58. The highest BCUT2D eigenvalue weighted by atomic mass is 32.1. The maximum Gasteiger partial charge on any atom is 0.296 e. The molecule has 2 aromatic heterocycles. The van der Waals surface area contributed by atoms with E-state index in [1.54, 1.807) is 25.3 Å². The number of aliphatic hydroxyl groups excluding tert-OH is 1. The number of rotatable bonds is 5. The molecule has 1 aliphatic rings. The largest absolute Gasteiger partial charge is 0.503 e. The zero-order valence-corrected chi connectivity index (χ0v) is 17.7. The van der Waals surface area contributed by atoms with Crippen molar-refractivity contribution in [3.05, 3.63) is 95.5 Å². The van der Waals surface area contributed by atoms with Gasteiger partial charge in [0.05, 0.1) is 28.9 Å². The van der Waals surface area contributed by atoms with E-state index in [-0.39, 0.29) is 5.57 Å². The molecule has 5 rings (SSSR count). The Hall–Kier alpha value is -4.04. The highest BCUT2D eigenvalue weighted by Gasteiger charge is 2.45. The molecule has 0 bridgehead atoms. The van der Waals surface area contributed by atoms with Gasteiger partial charge in [-0.1, -0.05) is 41.7 Å². The first kappa shape index (κ1) is 19.9. The Morgan fingerprint density at radius 1 is 1.09 bits per heavy atom. The molecule has 1 atom stereocenters. The van der Waals surface area contributed by atoms with Gasteiger partial charge in [-0.3, -0.25) is 19.5 Å². The molecule has 1 N–H and O–H groups in total. The predicted octanol–water partition coefficient (Wildman–Crippen LogP) is 4.48. The molecule has 0 saturated carbocycles. The van der Waals surface area contributed by atoms with Crippen molar-refractivity contribution in [1.29, 1.82) is 0 Å². The van der Waals surface area contributed by atoms with Crippen LogP contribution in [-0.4, -0.2) is 33.9 Å². The summed E-state index contributed by atoms with van der Waals surface area (Å²) in [6, 6.07) is 16.9. The van der Waals surface area contributed by atoms with Crippen LogP contribution in [0, 0.1) is 0 Å². The van der Waals surface area contributed by atoms with Crippen LogP contribution in [-0.2, 0) is 4.79 Å². The van der Waals surface area contributed by atoms with Crippen molar-refractivity contribution >= 4 is 38.4 Å². The van der Waals surface area contributed by atoms with E-state index in [4.69, 9.17) is 4.74 Å². The first-order valence-electron chi connectivity index (χ1n) is 9.79. The minimum Gasteiger partial charge on any atom is -0.503 e. The molecule has 1 aliphatic heterocycles. The summed E-state index contributed by atoms with van der Waals surface area (Å²) in [4.78, 5) is 36.5. The fraction of sp³-hybridized carbons (Fsp3) is 0.0833. The molecule has 32 heavy (non-hydrogen) atoms. The van der Waals surface area contributed by atoms with E-state index in [1.807, 2.05) is 42.5 Å². The number of aliphatic hydroxyl groups is 1. The van der Waals surface area contributed by atoms with Crippen LogP contribution in [0.15, 0.2) is 84.4 Å². The summed E-state index contributed by atoms with van der Waals surface area (Å²) >= 11 is 1.29. The Labute approximate surface area is 187 Å². The van der Waals surface area contributed by atoms with Crippen LogP contribution in [0.4, 0.5) is 5.13 Å². The van der Waals surface area contributed by atoms with Gasteiger partial charge in [0.2, 0.25) is 0 Å². The van der Waals surface area contributed by atoms with Gasteiger partial charge < -0.3 is 9.84 Å². The Morgan fingerprint density at radius 2 is 1.84 bits per heavy atom. The van der Waals surface area contributed by atoms with E-state index in [0.29, 0.717) is 27.5 Å². The second-order valence-corrected chi connectivity index (χ2v) is 8.15. The number of ketones is 1. The number of methoxy groups -OCH3 is 1. The molecule has 7 nitrogen and oxygen atoms in total. The van der Waals surface area contributed by atoms with Gasteiger partial charge in [-0.15, -0.1) is 0 Å². The zero-order chi connectivity index (χ0) is 22.2. The molecule has 4 aromatic rings. The van der Waals surface area contributed by atoms with E-state index in [0.717, 1.165) is 4.70 Å². The number of pyridine rings is 1. The summed E-state index contributed by atoms with van der Waals surface area (Å²) in [5, 5.41) is 11.2. The molecular weight excluding hydrogens is 426 g/mol. The van der Waals surface area contributed by atoms with Gasteiger partial charge in [0.25, 0.3) is 5.91 Å². The Kier molecular flexibility index (Phi) is 4.91. The van der Waals surface area contributed by atoms with Crippen molar-refractivity contribution < 1.29 is 19.4 Å². The number of hydrogen-bond acceptors (Lipinski definition) is 7. The average molecular weight is 443 g/mol. The fourth-order valence-corrected chi connectivity index (χ4v) is 4.79. The summed E-state index contributed by atoms with van der Waals surface area (Å²) in [6.07, 6.45) is 3.00. The highest BCUT2D eigenvalue weighted by molar-refractivity contribution is 7.22. The number of ether oxygens (including phenoxy) is 1. The van der Waals surface area contributed by atoms with E-state index in [9.17, 15) is 14.7 Å². The molecule has 0 aliphatic carbocycles. The van der Waals surface area contributed by atoms with Gasteiger partial charge in [0.15, 0.2) is 16.7 Å². The lowest BCUT2D eigenvalue weighted by atomic mass is 9.93. The molecule has 0 radical (unpaired) electrons. The molecule has 0 spiro atoms. The third-order valence-corrected chi connectivity index (χ3v) is 6.32. The van der Waals surface area contributed by atoms with Crippen LogP contribution in [0.25, 0.3) is 10.2 Å². The van der Waals surface area contributed by atoms with Crippen molar-refractivity contribution in [3.63, 3.8) is 0 Å². The smallest absolute Gasteiger partial charge is 0.296 e. The van der Waals surface area contributed by atoms with E-state index in [2.05, 4.69) is 9.97 Å². The van der Waals surface area contributed by atoms with Gasteiger partial charge in [0.1, 0.15) is 5.75 Å². The van der Waals surface area contributed by atoms with Crippen LogP contribution in [0.5, 0.6) is 5.75 Å². The zero-order valence-electron chi connectivity index (χ0n) is 16.9. The number of nitrogens with zero attached hydrogens (tertiary/aromatic N) is 3. The van der Waals surface area contributed by atoms with Crippen LogP contribution in [0.3, 0.4) is 0 Å². The van der Waals surface area contributed by atoms with E-state index in [1.165, 1.54) is 28.6 Å². The summed E-state index contributed by atoms with van der Waals surface area (Å²) in [5.41, 5.74) is 1.74. The Bertz CT molecular complexity index is 1370. The first-order chi connectivity index (χ1) is 15.6. The molecule has 2 aromatic carbocycles. The van der Waals surface area contributed by atoms with Crippen LogP contribution in [0.1, 0.15) is 22.0 Å². The monoisotopic (exact) mass is 443 g/mol. The lowest BCUT2D eigenvalue weighted by molar-refractivity contribution is -0.117. The van der Waals surface area contributed by atoms with Crippen molar-refractivity contribution in [2.45, 2.75) is 6.04 Å². The topological polar surface area (TPSA) is 92.6 Å². The molecule has 0 fully saturated rings. The highest BCUT2D eigenvalue weighted by Crippen LogP contribution is 2.44. The van der Waals surface area contributed by atoms with Gasteiger partial charge in [-0.2, -0.15) is 0 Å². The van der Waals surface area contributed by atoms with Crippen molar-refractivity contribution in [1.82, 2.24) is 9.97 Å². The summed E-state index contributed by atoms with van der Waals surface area (Å²) in [6.45, 7) is 0. The van der Waals surface area contributed by atoms with Crippen LogP contribution < -0.4 is 9.64 Å². The Morgan fingerprint density at radius 3 is 2.56 bits per heavy atom. The third-order valence-electron chi connectivity index (χ3n) is 5.30. The number of hydrogen-bond donors (Lipinski definition) is 1. The number of thiazole rings is 1. The second kappa shape index (κ2) is 7.90. The molecule has 1 amide bonds. The normalized spacial score (nSPS) is 16.1. The maximum absolute atomic E-state index is 13.4. The summed E-state index contributed by atoms with van der Waals surface area (Å²) in [5.74, 6) is -0.994. The van der Waals surface area contributed by atoms with Gasteiger partial charge in [0, 0.05) is 18.0 Å². The molecule has 1 unspecified atom stereocenters. The van der Waals surface area contributed by atoms with Gasteiger partial charge in [-0.25, -0.2) is 4.98 Å². The van der Waals surface area contributed by atoms with Gasteiger partial charge >= 0.3 is 0 Å². The Balaban J connectivity index is 1.66. The lowest BCUT2D eigenvalue weighted by Gasteiger charge is -2.24. The fourth-order valence-electron chi connectivity index (χ4n) is 3.77. The predicted molar refractivity (Wildman–Crippen MR) is 121 cm³/mol. The van der Waals surface area contributed by atoms with Crippen molar-refractivity contribution in [2.24, 2.45) is 0 Å². The number of aromatic nitrogens is 2. The minimum atomic E-state index is -0.813. The van der Waals surface area contributed by atoms with Crippen LogP contribution >= 0.6 is 11.3 Å². The molecule has 3 heterocycles. The number of anilines is 1. The third kappa shape index (κ3) is 3.21. The number of amides is 1. The second-order valence-electron chi connectivity index (χ2n) is 7.15. The number of fused-ring (bicyclic) bond motifs is 1. The first-order valence-corrected chi connectivity index (χ1v) is 10.6.